The van der Waals surface area contributed by atoms with Gasteiger partial charge in [0.2, 0.25) is 0 Å². The van der Waals surface area contributed by atoms with E-state index in [-0.39, 0.29) is 10.6 Å². The van der Waals surface area contributed by atoms with E-state index in [9.17, 15) is 10.1 Å². The molecule has 1 aliphatic heterocycles. The van der Waals surface area contributed by atoms with Gasteiger partial charge >= 0.3 is 0 Å². The van der Waals surface area contributed by atoms with Crippen molar-refractivity contribution in [3.63, 3.8) is 0 Å². The summed E-state index contributed by atoms with van der Waals surface area (Å²) < 4.78 is 0.606. The predicted molar refractivity (Wildman–Crippen MR) is 82.5 cm³/mol. The molecule has 1 fully saturated rings. The van der Waals surface area contributed by atoms with Crippen molar-refractivity contribution < 1.29 is 4.92 Å². The molecule has 1 aliphatic rings. The molecule has 0 aromatic heterocycles. The van der Waals surface area contributed by atoms with E-state index in [1.165, 1.54) is 18.9 Å². The summed E-state index contributed by atoms with van der Waals surface area (Å²) in [6.45, 7) is 3.61. The minimum Gasteiger partial charge on any atom is -0.330 e. The standard InChI is InChI=1S/C14H20BrN3O2/c15-14-12(2-1-3-13(14)18(19)20)10-17-8-5-11(4-7-16)6-9-17/h1-3,11H,4-10,16H2. The topological polar surface area (TPSA) is 72.4 Å². The zero-order chi connectivity index (χ0) is 14.5. The molecule has 5 nitrogen and oxygen atoms in total. The molecule has 0 radical (unpaired) electrons. The van der Waals surface area contributed by atoms with Crippen LogP contribution in [0.2, 0.25) is 0 Å². The Morgan fingerprint density at radius 2 is 2.10 bits per heavy atom. The van der Waals surface area contributed by atoms with Gasteiger partial charge in [-0.2, -0.15) is 0 Å². The van der Waals surface area contributed by atoms with Crippen molar-refractivity contribution in [3.05, 3.63) is 38.3 Å². The second-order valence-corrected chi connectivity index (χ2v) is 6.10. The number of hydrogen-bond donors (Lipinski definition) is 1. The molecule has 0 spiro atoms. The van der Waals surface area contributed by atoms with E-state index in [0.29, 0.717) is 4.47 Å². The molecule has 1 aromatic carbocycles. The van der Waals surface area contributed by atoms with Gasteiger partial charge in [0.25, 0.3) is 5.69 Å². The maximum absolute atomic E-state index is 10.9. The Hall–Kier alpha value is -0.980. The molecule has 1 aromatic rings. The molecule has 20 heavy (non-hydrogen) atoms. The Kier molecular flexibility index (Phi) is 5.51. The summed E-state index contributed by atoms with van der Waals surface area (Å²) in [5, 5.41) is 10.9. The number of hydrogen-bond acceptors (Lipinski definition) is 4. The average molecular weight is 342 g/mol. The average Bonchev–Trinajstić information content (AvgIpc) is 2.43. The number of nitrogens with two attached hydrogens (primary N) is 1. The summed E-state index contributed by atoms with van der Waals surface area (Å²) in [5.41, 5.74) is 6.72. The normalized spacial score (nSPS) is 17.3. The van der Waals surface area contributed by atoms with E-state index in [0.717, 1.165) is 44.1 Å². The highest BCUT2D eigenvalue weighted by Gasteiger charge is 2.21. The third-order valence-corrected chi connectivity index (χ3v) is 4.85. The Balaban J connectivity index is 1.98. The van der Waals surface area contributed by atoms with Gasteiger partial charge in [-0.15, -0.1) is 0 Å². The number of benzene rings is 1. The fourth-order valence-electron chi connectivity index (χ4n) is 2.74. The lowest BCUT2D eigenvalue weighted by molar-refractivity contribution is -0.385. The van der Waals surface area contributed by atoms with Crippen LogP contribution in [0, 0.1) is 16.0 Å². The van der Waals surface area contributed by atoms with Crippen molar-refractivity contribution in [1.29, 1.82) is 0 Å². The molecule has 0 atom stereocenters. The largest absolute Gasteiger partial charge is 0.330 e. The zero-order valence-electron chi connectivity index (χ0n) is 11.4. The van der Waals surface area contributed by atoms with Crippen molar-refractivity contribution in [1.82, 2.24) is 4.90 Å². The molecule has 0 aliphatic carbocycles. The minimum absolute atomic E-state index is 0.139. The van der Waals surface area contributed by atoms with Crippen molar-refractivity contribution >= 4 is 21.6 Å². The Morgan fingerprint density at radius 3 is 2.70 bits per heavy atom. The molecular weight excluding hydrogens is 322 g/mol. The summed E-state index contributed by atoms with van der Waals surface area (Å²) in [6.07, 6.45) is 3.45. The van der Waals surface area contributed by atoms with Gasteiger partial charge in [-0.3, -0.25) is 15.0 Å². The number of halogens is 1. The number of likely N-dealkylation sites (tertiary alicyclic amines) is 1. The minimum atomic E-state index is -0.346. The Labute approximate surface area is 127 Å². The fourth-order valence-corrected chi connectivity index (χ4v) is 3.27. The molecule has 1 saturated heterocycles. The van der Waals surface area contributed by atoms with Crippen LogP contribution in [-0.2, 0) is 6.54 Å². The van der Waals surface area contributed by atoms with Crippen molar-refractivity contribution in [2.75, 3.05) is 19.6 Å². The van der Waals surface area contributed by atoms with Gasteiger partial charge in [-0.25, -0.2) is 0 Å². The molecule has 0 unspecified atom stereocenters. The van der Waals surface area contributed by atoms with Crippen LogP contribution in [0.1, 0.15) is 24.8 Å². The molecule has 6 heteroatoms. The third-order valence-electron chi connectivity index (χ3n) is 3.93. The van der Waals surface area contributed by atoms with E-state index in [1.54, 1.807) is 6.07 Å². The quantitative estimate of drug-likeness (QED) is 0.660. The Morgan fingerprint density at radius 1 is 1.40 bits per heavy atom. The highest BCUT2D eigenvalue weighted by molar-refractivity contribution is 9.10. The highest BCUT2D eigenvalue weighted by Crippen LogP contribution is 2.30. The van der Waals surface area contributed by atoms with Crippen LogP contribution in [0.25, 0.3) is 0 Å². The van der Waals surface area contributed by atoms with Crippen LogP contribution >= 0.6 is 15.9 Å². The van der Waals surface area contributed by atoms with Gasteiger partial charge in [0.05, 0.1) is 9.40 Å². The van der Waals surface area contributed by atoms with E-state index in [4.69, 9.17) is 5.73 Å². The van der Waals surface area contributed by atoms with Crippen molar-refractivity contribution in [2.24, 2.45) is 11.7 Å². The van der Waals surface area contributed by atoms with Gasteiger partial charge in [0.1, 0.15) is 0 Å². The van der Waals surface area contributed by atoms with Crippen LogP contribution in [-0.4, -0.2) is 29.5 Å². The fraction of sp³-hybridized carbons (Fsp3) is 0.571. The number of nitrogens with zero attached hydrogens (tertiary/aromatic N) is 2. The van der Waals surface area contributed by atoms with Crippen LogP contribution in [0.3, 0.4) is 0 Å². The van der Waals surface area contributed by atoms with Gasteiger partial charge < -0.3 is 5.73 Å². The predicted octanol–water partition coefficient (Wildman–Crippen LogP) is 2.92. The lowest BCUT2D eigenvalue weighted by atomic mass is 9.93. The number of piperidine rings is 1. The van der Waals surface area contributed by atoms with Gasteiger partial charge in [-0.1, -0.05) is 12.1 Å². The van der Waals surface area contributed by atoms with E-state index in [1.807, 2.05) is 6.07 Å². The van der Waals surface area contributed by atoms with E-state index in [2.05, 4.69) is 20.8 Å². The van der Waals surface area contributed by atoms with Crippen molar-refractivity contribution in [2.45, 2.75) is 25.8 Å². The lowest BCUT2D eigenvalue weighted by Crippen LogP contribution is -2.34. The first kappa shape index (κ1) is 15.4. The molecule has 0 bridgehead atoms. The number of nitro benzene ring substituents is 1. The smallest absolute Gasteiger partial charge is 0.283 e. The first-order chi connectivity index (χ1) is 9.61. The van der Waals surface area contributed by atoms with Crippen LogP contribution in [0.5, 0.6) is 0 Å². The number of rotatable bonds is 5. The second kappa shape index (κ2) is 7.15. The van der Waals surface area contributed by atoms with E-state index >= 15 is 0 Å². The summed E-state index contributed by atoms with van der Waals surface area (Å²) in [7, 11) is 0. The van der Waals surface area contributed by atoms with Crippen LogP contribution in [0.15, 0.2) is 22.7 Å². The second-order valence-electron chi connectivity index (χ2n) is 5.30. The van der Waals surface area contributed by atoms with Gasteiger partial charge in [0.15, 0.2) is 0 Å². The molecular formula is C14H20BrN3O2. The monoisotopic (exact) mass is 341 g/mol. The summed E-state index contributed by atoms with van der Waals surface area (Å²) in [5.74, 6) is 0.741. The summed E-state index contributed by atoms with van der Waals surface area (Å²) in [6, 6.07) is 5.23. The maximum Gasteiger partial charge on any atom is 0.283 e. The SMILES string of the molecule is NCCC1CCN(Cc2cccc([N+](=O)[O-])c2Br)CC1. The molecule has 2 N–H and O–H groups in total. The van der Waals surface area contributed by atoms with E-state index < -0.39 is 0 Å². The van der Waals surface area contributed by atoms with Crippen LogP contribution in [0.4, 0.5) is 5.69 Å². The summed E-state index contributed by atoms with van der Waals surface area (Å²) in [4.78, 5) is 12.9. The first-order valence-corrected chi connectivity index (χ1v) is 7.75. The molecule has 1 heterocycles. The first-order valence-electron chi connectivity index (χ1n) is 6.96. The third kappa shape index (κ3) is 3.77. The lowest BCUT2D eigenvalue weighted by Gasteiger charge is -2.32. The summed E-state index contributed by atoms with van der Waals surface area (Å²) >= 11 is 3.36. The number of nitro groups is 1. The Bertz CT molecular complexity index is 473. The molecule has 110 valence electrons. The van der Waals surface area contributed by atoms with Crippen LogP contribution < -0.4 is 5.73 Å². The highest BCUT2D eigenvalue weighted by atomic mass is 79.9. The molecule has 0 amide bonds. The maximum atomic E-state index is 10.9. The zero-order valence-corrected chi connectivity index (χ0v) is 13.0. The van der Waals surface area contributed by atoms with Gasteiger partial charge in [-0.05, 0) is 66.3 Å². The van der Waals surface area contributed by atoms with Gasteiger partial charge in [0, 0.05) is 12.6 Å². The van der Waals surface area contributed by atoms with Crippen molar-refractivity contribution in [3.8, 4) is 0 Å². The molecule has 0 saturated carbocycles. The molecule has 2 rings (SSSR count).